The van der Waals surface area contributed by atoms with Crippen LogP contribution < -0.4 is 10.1 Å². The van der Waals surface area contributed by atoms with Crippen molar-refractivity contribution in [3.8, 4) is 5.75 Å². The van der Waals surface area contributed by atoms with Gasteiger partial charge in [0.1, 0.15) is 12.4 Å². The second-order valence-corrected chi connectivity index (χ2v) is 10.7. The van der Waals surface area contributed by atoms with Gasteiger partial charge in [-0.05, 0) is 56.6 Å². The minimum atomic E-state index is -0.0963. The van der Waals surface area contributed by atoms with Crippen LogP contribution in [0.15, 0.2) is 18.2 Å². The van der Waals surface area contributed by atoms with E-state index in [9.17, 15) is 9.59 Å². The molecule has 0 aromatic heterocycles. The first-order valence-corrected chi connectivity index (χ1v) is 13.0. The third-order valence-corrected chi connectivity index (χ3v) is 7.76. The van der Waals surface area contributed by atoms with Gasteiger partial charge in [-0.15, -0.1) is 0 Å². The summed E-state index contributed by atoms with van der Waals surface area (Å²) >= 11 is 0. The molecule has 1 N–H and O–H groups in total. The van der Waals surface area contributed by atoms with E-state index in [0.29, 0.717) is 30.2 Å². The van der Waals surface area contributed by atoms with Crippen LogP contribution >= 0.6 is 0 Å². The van der Waals surface area contributed by atoms with Crippen molar-refractivity contribution in [3.05, 3.63) is 23.8 Å². The van der Waals surface area contributed by atoms with Gasteiger partial charge < -0.3 is 19.7 Å². The van der Waals surface area contributed by atoms with Gasteiger partial charge in [0.2, 0.25) is 5.91 Å². The molecule has 188 valence electrons. The maximum absolute atomic E-state index is 13.4. The van der Waals surface area contributed by atoms with E-state index in [1.807, 2.05) is 19.2 Å². The number of nitrogens with one attached hydrogen (secondary N) is 1. The first-order chi connectivity index (χ1) is 16.4. The Hall–Kier alpha value is -2.12. The van der Waals surface area contributed by atoms with Crippen molar-refractivity contribution in [1.82, 2.24) is 9.80 Å². The summed E-state index contributed by atoms with van der Waals surface area (Å²) in [6, 6.07) is 5.61. The Bertz CT molecular complexity index is 865. The van der Waals surface area contributed by atoms with Crippen LogP contribution in [0.1, 0.15) is 62.7 Å². The summed E-state index contributed by atoms with van der Waals surface area (Å²) in [4.78, 5) is 30.3. The minimum absolute atomic E-state index is 0.0448. The lowest BCUT2D eigenvalue weighted by atomic mass is 10.0. The summed E-state index contributed by atoms with van der Waals surface area (Å²) in [5, 5.41) is 3.05. The molecule has 4 rings (SSSR count). The SMILES string of the molecule is CO[C@@H]1CN(C)C(=O)c2ccc(NC(=O)C3CCCC3)cc2OC[C@@H](C)N(CC2CC2)C[C@H]1C. The summed E-state index contributed by atoms with van der Waals surface area (Å²) in [5.74, 6) is 1.64. The Balaban J connectivity index is 1.58. The van der Waals surface area contributed by atoms with E-state index in [2.05, 4.69) is 24.1 Å². The number of anilines is 1. The lowest BCUT2D eigenvalue weighted by Crippen LogP contribution is -2.47. The van der Waals surface area contributed by atoms with Gasteiger partial charge in [-0.3, -0.25) is 14.5 Å². The molecule has 2 fully saturated rings. The molecule has 0 spiro atoms. The Morgan fingerprint density at radius 2 is 1.88 bits per heavy atom. The van der Waals surface area contributed by atoms with E-state index < -0.39 is 0 Å². The van der Waals surface area contributed by atoms with Gasteiger partial charge in [0, 0.05) is 57.5 Å². The van der Waals surface area contributed by atoms with E-state index in [1.165, 1.54) is 12.8 Å². The number of carbonyl (C=O) groups is 2. The minimum Gasteiger partial charge on any atom is -0.491 e. The number of likely N-dealkylation sites (N-methyl/N-ethyl adjacent to an activating group) is 1. The average Bonchev–Trinajstić information content (AvgIpc) is 3.47. The Morgan fingerprint density at radius 1 is 1.15 bits per heavy atom. The summed E-state index contributed by atoms with van der Waals surface area (Å²) in [6.07, 6.45) is 6.68. The zero-order valence-corrected chi connectivity index (χ0v) is 21.2. The van der Waals surface area contributed by atoms with Crippen molar-refractivity contribution >= 4 is 17.5 Å². The number of fused-ring (bicyclic) bond motifs is 1. The Morgan fingerprint density at radius 3 is 2.56 bits per heavy atom. The van der Waals surface area contributed by atoms with E-state index in [-0.39, 0.29) is 35.8 Å². The first kappa shape index (κ1) is 25.0. The van der Waals surface area contributed by atoms with Crippen LogP contribution in [0.2, 0.25) is 0 Å². The number of hydrogen-bond acceptors (Lipinski definition) is 5. The highest BCUT2D eigenvalue weighted by atomic mass is 16.5. The fourth-order valence-electron chi connectivity index (χ4n) is 5.24. The molecule has 0 radical (unpaired) electrons. The van der Waals surface area contributed by atoms with Crippen LogP contribution in [0.3, 0.4) is 0 Å². The summed E-state index contributed by atoms with van der Waals surface area (Å²) < 4.78 is 12.1. The zero-order chi connectivity index (χ0) is 24.2. The molecule has 1 heterocycles. The van der Waals surface area contributed by atoms with Gasteiger partial charge in [-0.1, -0.05) is 19.8 Å². The molecule has 3 atom stereocenters. The number of benzene rings is 1. The number of hydrogen-bond donors (Lipinski definition) is 1. The van der Waals surface area contributed by atoms with Crippen molar-refractivity contribution in [2.75, 3.05) is 45.7 Å². The summed E-state index contributed by atoms with van der Waals surface area (Å²) in [7, 11) is 3.55. The Labute approximate surface area is 204 Å². The van der Waals surface area contributed by atoms with Gasteiger partial charge in [-0.2, -0.15) is 0 Å². The van der Waals surface area contributed by atoms with Crippen LogP contribution in [-0.4, -0.2) is 74.2 Å². The van der Waals surface area contributed by atoms with E-state index in [1.54, 1.807) is 18.1 Å². The second kappa shape index (κ2) is 11.1. The standard InChI is InChI=1S/C27H41N3O4/c1-18-14-30(15-20-9-10-20)19(2)17-34-24-13-22(28-26(31)21-7-5-6-8-21)11-12-23(24)27(32)29(3)16-25(18)33-4/h11-13,18-21,25H,5-10,14-17H2,1-4H3,(H,28,31)/t18-,19-,25-/m1/s1. The van der Waals surface area contributed by atoms with Crippen LogP contribution in [0.25, 0.3) is 0 Å². The molecule has 0 unspecified atom stereocenters. The van der Waals surface area contributed by atoms with Crippen molar-refractivity contribution in [1.29, 1.82) is 0 Å². The van der Waals surface area contributed by atoms with Crippen molar-refractivity contribution in [2.24, 2.45) is 17.8 Å². The predicted octanol–water partition coefficient (Wildman–Crippen LogP) is 4.03. The van der Waals surface area contributed by atoms with Crippen LogP contribution in [0.4, 0.5) is 5.69 Å². The topological polar surface area (TPSA) is 71.1 Å². The van der Waals surface area contributed by atoms with Gasteiger partial charge in [-0.25, -0.2) is 0 Å². The zero-order valence-electron chi connectivity index (χ0n) is 21.2. The van der Waals surface area contributed by atoms with E-state index >= 15 is 0 Å². The average molecular weight is 472 g/mol. The molecular weight excluding hydrogens is 430 g/mol. The Kier molecular flexibility index (Phi) is 8.14. The van der Waals surface area contributed by atoms with E-state index in [4.69, 9.17) is 9.47 Å². The molecule has 34 heavy (non-hydrogen) atoms. The maximum atomic E-state index is 13.4. The van der Waals surface area contributed by atoms with Gasteiger partial charge in [0.15, 0.2) is 0 Å². The third-order valence-electron chi connectivity index (χ3n) is 7.76. The largest absolute Gasteiger partial charge is 0.491 e. The molecule has 2 saturated carbocycles. The molecule has 2 amide bonds. The quantitative estimate of drug-likeness (QED) is 0.702. The smallest absolute Gasteiger partial charge is 0.257 e. The molecule has 1 aliphatic heterocycles. The molecule has 1 aromatic carbocycles. The van der Waals surface area contributed by atoms with Crippen molar-refractivity contribution < 1.29 is 19.1 Å². The number of methoxy groups -OCH3 is 1. The third kappa shape index (κ3) is 6.11. The first-order valence-electron chi connectivity index (χ1n) is 13.0. The number of nitrogens with zero attached hydrogens (tertiary/aromatic N) is 2. The molecular formula is C27H41N3O4. The van der Waals surface area contributed by atoms with Crippen LogP contribution in [0.5, 0.6) is 5.75 Å². The normalized spacial score (nSPS) is 27.5. The number of ether oxygens (including phenoxy) is 2. The summed E-state index contributed by atoms with van der Waals surface area (Å²) in [6.45, 7) is 7.39. The lowest BCUT2D eigenvalue weighted by molar-refractivity contribution is -0.119. The summed E-state index contributed by atoms with van der Waals surface area (Å²) in [5.41, 5.74) is 1.20. The molecule has 2 aliphatic carbocycles. The monoisotopic (exact) mass is 471 g/mol. The molecule has 0 saturated heterocycles. The molecule has 3 aliphatic rings. The lowest BCUT2D eigenvalue weighted by Gasteiger charge is -2.36. The van der Waals surface area contributed by atoms with Crippen molar-refractivity contribution in [3.63, 3.8) is 0 Å². The molecule has 7 heteroatoms. The highest BCUT2D eigenvalue weighted by molar-refractivity contribution is 5.98. The van der Waals surface area contributed by atoms with Gasteiger partial charge in [0.25, 0.3) is 5.91 Å². The number of amides is 2. The second-order valence-electron chi connectivity index (χ2n) is 10.7. The highest BCUT2D eigenvalue weighted by Crippen LogP contribution is 2.32. The highest BCUT2D eigenvalue weighted by Gasteiger charge is 2.32. The van der Waals surface area contributed by atoms with Gasteiger partial charge >= 0.3 is 0 Å². The molecule has 1 aromatic rings. The maximum Gasteiger partial charge on any atom is 0.257 e. The molecule has 7 nitrogen and oxygen atoms in total. The van der Waals surface area contributed by atoms with E-state index in [0.717, 1.165) is 44.7 Å². The number of carbonyl (C=O) groups excluding carboxylic acids is 2. The number of rotatable bonds is 5. The fourth-order valence-corrected chi connectivity index (χ4v) is 5.24. The fraction of sp³-hybridized carbons (Fsp3) is 0.704. The van der Waals surface area contributed by atoms with Crippen LogP contribution in [0, 0.1) is 17.8 Å². The van der Waals surface area contributed by atoms with Crippen molar-refractivity contribution in [2.45, 2.75) is 64.5 Å². The predicted molar refractivity (Wildman–Crippen MR) is 133 cm³/mol. The van der Waals surface area contributed by atoms with Gasteiger partial charge in [0.05, 0.1) is 11.7 Å². The van der Waals surface area contributed by atoms with Crippen LogP contribution in [-0.2, 0) is 9.53 Å². The molecule has 0 bridgehead atoms.